The SMILES string of the molecule is CCOc1ccc(CC(=O)Nc2cccc(OCc3cn4ccccc4n3)c2)cc1. The van der Waals surface area contributed by atoms with E-state index in [2.05, 4.69) is 10.3 Å². The third-order valence-electron chi connectivity index (χ3n) is 4.52. The number of aromatic nitrogens is 2. The summed E-state index contributed by atoms with van der Waals surface area (Å²) in [5.41, 5.74) is 3.34. The topological polar surface area (TPSA) is 64.9 Å². The molecule has 0 saturated heterocycles. The molecule has 0 aliphatic heterocycles. The van der Waals surface area contributed by atoms with Crippen LogP contribution < -0.4 is 14.8 Å². The van der Waals surface area contributed by atoms with Gasteiger partial charge in [-0.15, -0.1) is 0 Å². The molecule has 2 heterocycles. The quantitative estimate of drug-likeness (QED) is 0.472. The summed E-state index contributed by atoms with van der Waals surface area (Å²) in [7, 11) is 0. The Bertz CT molecular complexity index is 1100. The number of rotatable bonds is 8. The second-order valence-electron chi connectivity index (χ2n) is 6.82. The molecular formula is C24H23N3O3. The van der Waals surface area contributed by atoms with E-state index in [1.54, 1.807) is 0 Å². The first kappa shape index (κ1) is 19.5. The van der Waals surface area contributed by atoms with Crippen molar-refractivity contribution < 1.29 is 14.3 Å². The zero-order valence-electron chi connectivity index (χ0n) is 16.7. The van der Waals surface area contributed by atoms with Gasteiger partial charge in [-0.25, -0.2) is 4.98 Å². The standard InChI is InChI=1S/C24H23N3O3/c1-2-29-21-11-9-18(10-12-21)14-24(28)26-19-6-5-7-22(15-19)30-17-20-16-27-13-4-3-8-23(27)25-20/h3-13,15-16H,2,14,17H2,1H3,(H,26,28). The summed E-state index contributed by atoms with van der Waals surface area (Å²) in [4.78, 5) is 16.9. The summed E-state index contributed by atoms with van der Waals surface area (Å²) in [6, 6.07) is 20.8. The summed E-state index contributed by atoms with van der Waals surface area (Å²) in [5, 5.41) is 2.92. The molecule has 152 valence electrons. The molecule has 6 nitrogen and oxygen atoms in total. The van der Waals surface area contributed by atoms with Gasteiger partial charge in [0, 0.05) is 24.1 Å². The van der Waals surface area contributed by atoms with Crippen LogP contribution in [0.2, 0.25) is 0 Å². The molecule has 0 spiro atoms. The van der Waals surface area contributed by atoms with Gasteiger partial charge in [-0.05, 0) is 48.9 Å². The summed E-state index contributed by atoms with van der Waals surface area (Å²) in [5.74, 6) is 1.39. The van der Waals surface area contributed by atoms with Crippen LogP contribution in [-0.4, -0.2) is 21.9 Å². The predicted molar refractivity (Wildman–Crippen MR) is 116 cm³/mol. The molecule has 0 saturated carbocycles. The maximum absolute atomic E-state index is 12.4. The summed E-state index contributed by atoms with van der Waals surface area (Å²) < 4.78 is 13.2. The number of ether oxygens (including phenoxy) is 2. The van der Waals surface area contributed by atoms with Crippen LogP contribution in [0.15, 0.2) is 79.1 Å². The molecule has 0 aliphatic rings. The Morgan fingerprint density at radius 3 is 2.67 bits per heavy atom. The van der Waals surface area contributed by atoms with Gasteiger partial charge in [0.25, 0.3) is 0 Å². The summed E-state index contributed by atoms with van der Waals surface area (Å²) in [6.07, 6.45) is 4.18. The van der Waals surface area contributed by atoms with Crippen molar-refractivity contribution in [1.29, 1.82) is 0 Å². The monoisotopic (exact) mass is 401 g/mol. The summed E-state index contributed by atoms with van der Waals surface area (Å²) >= 11 is 0. The van der Waals surface area contributed by atoms with Crippen molar-refractivity contribution in [1.82, 2.24) is 9.38 Å². The van der Waals surface area contributed by atoms with Crippen LogP contribution in [-0.2, 0) is 17.8 Å². The fourth-order valence-corrected chi connectivity index (χ4v) is 3.14. The highest BCUT2D eigenvalue weighted by Gasteiger charge is 2.07. The number of imidazole rings is 1. The number of benzene rings is 2. The Morgan fingerprint density at radius 1 is 1.00 bits per heavy atom. The normalized spacial score (nSPS) is 10.7. The molecule has 1 N–H and O–H groups in total. The predicted octanol–water partition coefficient (Wildman–Crippen LogP) is 4.49. The van der Waals surface area contributed by atoms with Crippen molar-refractivity contribution in [2.24, 2.45) is 0 Å². The van der Waals surface area contributed by atoms with Crippen LogP contribution in [0.4, 0.5) is 5.69 Å². The van der Waals surface area contributed by atoms with Crippen LogP contribution in [0.25, 0.3) is 5.65 Å². The van der Waals surface area contributed by atoms with E-state index < -0.39 is 0 Å². The van der Waals surface area contributed by atoms with Crippen molar-refractivity contribution >= 4 is 17.2 Å². The van der Waals surface area contributed by atoms with E-state index in [1.165, 1.54) is 0 Å². The minimum atomic E-state index is -0.0864. The molecule has 0 unspecified atom stereocenters. The second-order valence-corrected chi connectivity index (χ2v) is 6.82. The van der Waals surface area contributed by atoms with Gasteiger partial charge in [0.15, 0.2) is 0 Å². The number of hydrogen-bond acceptors (Lipinski definition) is 4. The van der Waals surface area contributed by atoms with Crippen molar-refractivity contribution in [3.05, 3.63) is 90.4 Å². The van der Waals surface area contributed by atoms with E-state index in [1.807, 2.05) is 90.4 Å². The molecule has 0 aliphatic carbocycles. The van der Waals surface area contributed by atoms with Gasteiger partial charge >= 0.3 is 0 Å². The van der Waals surface area contributed by atoms with E-state index in [0.717, 1.165) is 22.7 Å². The molecular weight excluding hydrogens is 378 g/mol. The largest absolute Gasteiger partial charge is 0.494 e. The maximum Gasteiger partial charge on any atom is 0.228 e. The van der Waals surface area contributed by atoms with Gasteiger partial charge in [-0.3, -0.25) is 4.79 Å². The Balaban J connectivity index is 1.33. The van der Waals surface area contributed by atoms with E-state index in [0.29, 0.717) is 31.1 Å². The van der Waals surface area contributed by atoms with Crippen LogP contribution in [0.1, 0.15) is 18.2 Å². The van der Waals surface area contributed by atoms with Crippen molar-refractivity contribution in [3.8, 4) is 11.5 Å². The van der Waals surface area contributed by atoms with Gasteiger partial charge in [-0.2, -0.15) is 0 Å². The first-order chi connectivity index (χ1) is 14.7. The number of pyridine rings is 1. The lowest BCUT2D eigenvalue weighted by molar-refractivity contribution is -0.115. The van der Waals surface area contributed by atoms with Gasteiger partial charge in [0.1, 0.15) is 23.8 Å². The van der Waals surface area contributed by atoms with Gasteiger partial charge in [0.2, 0.25) is 5.91 Å². The molecule has 1 amide bonds. The van der Waals surface area contributed by atoms with Crippen LogP contribution >= 0.6 is 0 Å². The Hall–Kier alpha value is -3.80. The zero-order chi connectivity index (χ0) is 20.8. The lowest BCUT2D eigenvalue weighted by atomic mass is 10.1. The van der Waals surface area contributed by atoms with Gasteiger partial charge in [-0.1, -0.05) is 24.3 Å². The molecule has 0 radical (unpaired) electrons. The maximum atomic E-state index is 12.4. The number of anilines is 1. The smallest absolute Gasteiger partial charge is 0.228 e. The third-order valence-corrected chi connectivity index (χ3v) is 4.52. The lowest BCUT2D eigenvalue weighted by Gasteiger charge is -2.09. The molecule has 2 aromatic heterocycles. The molecule has 6 heteroatoms. The Labute approximate surface area is 175 Å². The lowest BCUT2D eigenvalue weighted by Crippen LogP contribution is -2.14. The minimum absolute atomic E-state index is 0.0864. The van der Waals surface area contributed by atoms with Crippen LogP contribution in [0, 0.1) is 0 Å². The highest BCUT2D eigenvalue weighted by Crippen LogP contribution is 2.19. The molecule has 30 heavy (non-hydrogen) atoms. The number of hydrogen-bond donors (Lipinski definition) is 1. The van der Waals surface area contributed by atoms with Crippen LogP contribution in [0.3, 0.4) is 0 Å². The van der Waals surface area contributed by atoms with Crippen LogP contribution in [0.5, 0.6) is 11.5 Å². The van der Waals surface area contributed by atoms with E-state index in [9.17, 15) is 4.79 Å². The number of fused-ring (bicyclic) bond motifs is 1. The van der Waals surface area contributed by atoms with E-state index in [4.69, 9.17) is 9.47 Å². The van der Waals surface area contributed by atoms with Crippen molar-refractivity contribution in [2.45, 2.75) is 20.0 Å². The summed E-state index contributed by atoms with van der Waals surface area (Å²) in [6.45, 7) is 2.91. The fourth-order valence-electron chi connectivity index (χ4n) is 3.14. The van der Waals surface area contributed by atoms with Gasteiger partial charge in [0.05, 0.1) is 18.7 Å². The highest BCUT2D eigenvalue weighted by molar-refractivity contribution is 5.92. The number of carbonyl (C=O) groups is 1. The Kier molecular flexibility index (Phi) is 5.94. The van der Waals surface area contributed by atoms with Crippen molar-refractivity contribution in [3.63, 3.8) is 0 Å². The zero-order valence-corrected chi connectivity index (χ0v) is 16.7. The molecule has 0 fully saturated rings. The Morgan fingerprint density at radius 2 is 1.87 bits per heavy atom. The number of nitrogens with zero attached hydrogens (tertiary/aromatic N) is 2. The number of amides is 1. The highest BCUT2D eigenvalue weighted by atomic mass is 16.5. The van der Waals surface area contributed by atoms with E-state index >= 15 is 0 Å². The molecule has 0 bridgehead atoms. The number of nitrogens with one attached hydrogen (secondary N) is 1. The minimum Gasteiger partial charge on any atom is -0.494 e. The fraction of sp³-hybridized carbons (Fsp3) is 0.167. The molecule has 4 aromatic rings. The van der Waals surface area contributed by atoms with E-state index in [-0.39, 0.29) is 5.91 Å². The average Bonchev–Trinajstić information content (AvgIpc) is 3.17. The van der Waals surface area contributed by atoms with Crippen molar-refractivity contribution in [2.75, 3.05) is 11.9 Å². The first-order valence-corrected chi connectivity index (χ1v) is 9.86. The molecule has 4 rings (SSSR count). The molecule has 2 aromatic carbocycles. The second kappa shape index (κ2) is 9.13. The third kappa shape index (κ3) is 4.97. The number of carbonyl (C=O) groups excluding carboxylic acids is 1. The van der Waals surface area contributed by atoms with Gasteiger partial charge < -0.3 is 19.2 Å². The molecule has 0 atom stereocenters. The average molecular weight is 401 g/mol. The first-order valence-electron chi connectivity index (χ1n) is 9.86.